The van der Waals surface area contributed by atoms with Crippen LogP contribution in [-0.4, -0.2) is 43.7 Å². The lowest BCUT2D eigenvalue weighted by molar-refractivity contribution is -0.127. The molecule has 0 bridgehead atoms. The summed E-state index contributed by atoms with van der Waals surface area (Å²) in [7, 11) is 0. The highest BCUT2D eigenvalue weighted by atomic mass is 16.5. The number of rotatable bonds is 6. The van der Waals surface area contributed by atoms with Crippen LogP contribution < -0.4 is 20.3 Å². The third kappa shape index (κ3) is 4.89. The monoisotopic (exact) mass is 411 g/mol. The van der Waals surface area contributed by atoms with Gasteiger partial charge in [0.1, 0.15) is 5.75 Å². The van der Waals surface area contributed by atoms with Crippen molar-refractivity contribution in [2.75, 3.05) is 29.9 Å². The predicted octanol–water partition coefficient (Wildman–Crippen LogP) is 3.19. The van der Waals surface area contributed by atoms with Crippen LogP contribution in [0.25, 0.3) is 0 Å². The summed E-state index contributed by atoms with van der Waals surface area (Å²) in [6.07, 6.45) is -0.538. The van der Waals surface area contributed by atoms with Gasteiger partial charge >= 0.3 is 6.09 Å². The number of nitrogens with zero attached hydrogens (tertiary/aromatic N) is 1. The van der Waals surface area contributed by atoms with Crippen molar-refractivity contribution in [2.45, 2.75) is 26.4 Å². The molecule has 0 spiro atoms. The van der Waals surface area contributed by atoms with E-state index in [-0.39, 0.29) is 25.0 Å². The van der Waals surface area contributed by atoms with E-state index in [0.717, 1.165) is 6.42 Å². The van der Waals surface area contributed by atoms with Gasteiger partial charge in [-0.05, 0) is 49.7 Å². The van der Waals surface area contributed by atoms with Crippen molar-refractivity contribution in [3.8, 4) is 5.75 Å². The van der Waals surface area contributed by atoms with E-state index in [1.165, 1.54) is 0 Å². The Labute approximate surface area is 175 Å². The first-order chi connectivity index (χ1) is 14.5. The summed E-state index contributed by atoms with van der Waals surface area (Å²) in [5, 5.41) is 5.40. The van der Waals surface area contributed by atoms with E-state index >= 15 is 0 Å². The Bertz CT molecular complexity index is 913. The first-order valence-corrected chi connectivity index (χ1v) is 9.92. The number of benzene rings is 2. The van der Waals surface area contributed by atoms with Crippen LogP contribution in [0.3, 0.4) is 0 Å². The topological polar surface area (TPSA) is 97.0 Å². The van der Waals surface area contributed by atoms with Gasteiger partial charge in [-0.1, -0.05) is 19.1 Å². The molecule has 8 heteroatoms. The third-order valence-electron chi connectivity index (χ3n) is 4.51. The predicted molar refractivity (Wildman–Crippen MR) is 113 cm³/mol. The SMILES string of the molecule is CCCNC(=O)[C@@H]1CN(C(=O)c2ccc(NC(=O)OCC)cc2)c2ccccc2O1. The summed E-state index contributed by atoms with van der Waals surface area (Å²) in [6.45, 7) is 4.61. The molecule has 1 atom stereocenters. The summed E-state index contributed by atoms with van der Waals surface area (Å²) in [4.78, 5) is 38.7. The maximum absolute atomic E-state index is 13.2. The summed E-state index contributed by atoms with van der Waals surface area (Å²) in [5.41, 5.74) is 1.55. The van der Waals surface area contributed by atoms with E-state index < -0.39 is 12.2 Å². The first-order valence-electron chi connectivity index (χ1n) is 9.92. The zero-order chi connectivity index (χ0) is 21.5. The number of fused-ring (bicyclic) bond motifs is 1. The minimum Gasteiger partial charge on any atom is -0.477 e. The second-order valence-electron chi connectivity index (χ2n) is 6.70. The minimum atomic E-state index is -0.792. The molecule has 3 amide bonds. The minimum absolute atomic E-state index is 0.105. The van der Waals surface area contributed by atoms with Gasteiger partial charge in [0.2, 0.25) is 0 Å². The molecule has 0 saturated heterocycles. The number of carbonyl (C=O) groups excluding carboxylic acids is 3. The van der Waals surface area contributed by atoms with Crippen molar-refractivity contribution < 1.29 is 23.9 Å². The second-order valence-corrected chi connectivity index (χ2v) is 6.70. The lowest BCUT2D eigenvalue weighted by Gasteiger charge is -2.34. The molecule has 8 nitrogen and oxygen atoms in total. The molecule has 0 saturated carbocycles. The second kappa shape index (κ2) is 9.78. The van der Waals surface area contributed by atoms with Gasteiger partial charge in [0, 0.05) is 17.8 Å². The first kappa shape index (κ1) is 21.2. The number of hydrogen-bond donors (Lipinski definition) is 2. The molecule has 2 aromatic rings. The molecule has 0 radical (unpaired) electrons. The molecule has 1 aliphatic heterocycles. The molecule has 30 heavy (non-hydrogen) atoms. The van der Waals surface area contributed by atoms with Gasteiger partial charge in [-0.25, -0.2) is 4.79 Å². The Morgan fingerprint density at radius 3 is 2.53 bits per heavy atom. The average Bonchev–Trinajstić information content (AvgIpc) is 2.76. The summed E-state index contributed by atoms with van der Waals surface area (Å²) in [6, 6.07) is 13.6. The molecule has 0 fully saturated rings. The highest BCUT2D eigenvalue weighted by molar-refractivity contribution is 6.08. The third-order valence-corrected chi connectivity index (χ3v) is 4.51. The summed E-state index contributed by atoms with van der Waals surface area (Å²) >= 11 is 0. The fourth-order valence-electron chi connectivity index (χ4n) is 3.06. The summed E-state index contributed by atoms with van der Waals surface area (Å²) < 4.78 is 10.7. The zero-order valence-corrected chi connectivity index (χ0v) is 17.0. The smallest absolute Gasteiger partial charge is 0.411 e. The quantitative estimate of drug-likeness (QED) is 0.761. The highest BCUT2D eigenvalue weighted by Crippen LogP contribution is 2.34. The molecule has 0 unspecified atom stereocenters. The van der Waals surface area contributed by atoms with Crippen LogP contribution in [-0.2, 0) is 9.53 Å². The van der Waals surface area contributed by atoms with Gasteiger partial charge in [-0.2, -0.15) is 0 Å². The molecular formula is C22H25N3O5. The Morgan fingerprint density at radius 2 is 1.83 bits per heavy atom. The van der Waals surface area contributed by atoms with Crippen LogP contribution in [0.5, 0.6) is 5.75 Å². The van der Waals surface area contributed by atoms with E-state index in [9.17, 15) is 14.4 Å². The van der Waals surface area contributed by atoms with Crippen molar-refractivity contribution in [2.24, 2.45) is 0 Å². The van der Waals surface area contributed by atoms with Crippen LogP contribution in [0, 0.1) is 0 Å². The van der Waals surface area contributed by atoms with Crippen LogP contribution in [0.15, 0.2) is 48.5 Å². The number of anilines is 2. The largest absolute Gasteiger partial charge is 0.477 e. The molecule has 3 rings (SSSR count). The standard InChI is InChI=1S/C22H25N3O5/c1-3-13-23-20(26)19-14-25(17-7-5-6-8-18(17)30-19)21(27)15-9-11-16(12-10-15)24-22(28)29-4-2/h5-12,19H,3-4,13-14H2,1-2H3,(H,23,26)(H,24,28)/t19-/m0/s1. The maximum Gasteiger partial charge on any atom is 0.411 e. The number of hydrogen-bond acceptors (Lipinski definition) is 5. The number of amides is 3. The molecule has 0 aliphatic carbocycles. The van der Waals surface area contributed by atoms with Crippen molar-refractivity contribution in [3.05, 3.63) is 54.1 Å². The van der Waals surface area contributed by atoms with E-state index in [1.54, 1.807) is 54.3 Å². The Kier molecular flexibility index (Phi) is 6.90. The molecule has 1 heterocycles. The van der Waals surface area contributed by atoms with Gasteiger partial charge in [0.15, 0.2) is 6.10 Å². The summed E-state index contributed by atoms with van der Waals surface area (Å²) in [5.74, 6) is -0.0331. The van der Waals surface area contributed by atoms with Crippen molar-refractivity contribution in [3.63, 3.8) is 0 Å². The van der Waals surface area contributed by atoms with Gasteiger partial charge in [0.25, 0.3) is 11.8 Å². The van der Waals surface area contributed by atoms with Crippen molar-refractivity contribution in [1.29, 1.82) is 0 Å². The van der Waals surface area contributed by atoms with Crippen LogP contribution in [0.1, 0.15) is 30.6 Å². The van der Waals surface area contributed by atoms with E-state index in [1.807, 2.05) is 13.0 Å². The fourth-order valence-corrected chi connectivity index (χ4v) is 3.06. The van der Waals surface area contributed by atoms with Gasteiger partial charge in [-0.3, -0.25) is 14.9 Å². The lowest BCUT2D eigenvalue weighted by atomic mass is 10.1. The number of para-hydroxylation sites is 2. The maximum atomic E-state index is 13.2. The molecular weight excluding hydrogens is 386 g/mol. The number of carbonyl (C=O) groups is 3. The molecule has 2 aromatic carbocycles. The van der Waals surface area contributed by atoms with Crippen molar-refractivity contribution >= 4 is 29.3 Å². The Balaban J connectivity index is 1.79. The van der Waals surface area contributed by atoms with Crippen LogP contribution in [0.4, 0.5) is 16.2 Å². The van der Waals surface area contributed by atoms with Crippen LogP contribution >= 0.6 is 0 Å². The van der Waals surface area contributed by atoms with Gasteiger partial charge in [0.05, 0.1) is 18.8 Å². The fraction of sp³-hybridized carbons (Fsp3) is 0.318. The molecule has 2 N–H and O–H groups in total. The Morgan fingerprint density at radius 1 is 1.10 bits per heavy atom. The van der Waals surface area contributed by atoms with E-state index in [4.69, 9.17) is 9.47 Å². The molecule has 158 valence electrons. The Hall–Kier alpha value is -3.55. The van der Waals surface area contributed by atoms with E-state index in [0.29, 0.717) is 29.2 Å². The average molecular weight is 411 g/mol. The number of nitrogens with one attached hydrogen (secondary N) is 2. The highest BCUT2D eigenvalue weighted by Gasteiger charge is 2.34. The zero-order valence-electron chi connectivity index (χ0n) is 17.0. The lowest BCUT2D eigenvalue weighted by Crippen LogP contribution is -2.50. The number of ether oxygens (including phenoxy) is 2. The van der Waals surface area contributed by atoms with Gasteiger partial charge in [-0.15, -0.1) is 0 Å². The normalized spacial score (nSPS) is 14.9. The molecule has 0 aromatic heterocycles. The van der Waals surface area contributed by atoms with Crippen LogP contribution in [0.2, 0.25) is 0 Å². The van der Waals surface area contributed by atoms with Crippen molar-refractivity contribution in [1.82, 2.24) is 5.32 Å². The van der Waals surface area contributed by atoms with E-state index in [2.05, 4.69) is 10.6 Å². The molecule has 1 aliphatic rings. The van der Waals surface area contributed by atoms with Gasteiger partial charge < -0.3 is 19.7 Å².